The van der Waals surface area contributed by atoms with Crippen molar-refractivity contribution in [3.63, 3.8) is 0 Å². The Morgan fingerprint density at radius 2 is 2.09 bits per heavy atom. The fourth-order valence-corrected chi connectivity index (χ4v) is 5.34. The SMILES string of the molecule is COc1cc(C)nc(NC(=O)NS(=O)(=O)C2CC3CCC2C3)n1. The number of hydrogen-bond donors (Lipinski definition) is 2. The average Bonchev–Trinajstić information content (AvgIpc) is 3.08. The van der Waals surface area contributed by atoms with Gasteiger partial charge in [-0.1, -0.05) is 6.42 Å². The van der Waals surface area contributed by atoms with Crippen molar-refractivity contribution in [2.75, 3.05) is 12.4 Å². The molecule has 126 valence electrons. The molecule has 9 heteroatoms. The quantitative estimate of drug-likeness (QED) is 0.858. The molecule has 0 aliphatic heterocycles. The molecule has 0 spiro atoms. The Kier molecular flexibility index (Phi) is 4.13. The maximum absolute atomic E-state index is 12.4. The van der Waals surface area contributed by atoms with Crippen LogP contribution in [-0.2, 0) is 10.0 Å². The van der Waals surface area contributed by atoms with Crippen LogP contribution in [0.2, 0.25) is 0 Å². The Bertz CT molecular complexity index is 721. The highest BCUT2D eigenvalue weighted by molar-refractivity contribution is 7.90. The molecule has 1 aromatic rings. The lowest BCUT2D eigenvalue weighted by molar-refractivity contribution is 0.256. The monoisotopic (exact) mass is 340 g/mol. The van der Waals surface area contributed by atoms with Gasteiger partial charge in [-0.2, -0.15) is 4.98 Å². The summed E-state index contributed by atoms with van der Waals surface area (Å²) in [4.78, 5) is 20.0. The number of sulfonamides is 1. The molecule has 2 N–H and O–H groups in total. The summed E-state index contributed by atoms with van der Waals surface area (Å²) < 4.78 is 31.8. The van der Waals surface area contributed by atoms with Gasteiger partial charge in [-0.05, 0) is 38.0 Å². The normalized spacial score (nSPS) is 26.1. The number of anilines is 1. The summed E-state index contributed by atoms with van der Waals surface area (Å²) in [5, 5.41) is 1.88. The first kappa shape index (κ1) is 16.0. The van der Waals surface area contributed by atoms with E-state index in [1.165, 1.54) is 7.11 Å². The minimum absolute atomic E-state index is 0.00231. The molecular formula is C14H20N4O4S. The molecule has 2 bridgehead atoms. The Labute approximate surface area is 135 Å². The van der Waals surface area contributed by atoms with Gasteiger partial charge in [-0.15, -0.1) is 0 Å². The van der Waals surface area contributed by atoms with Gasteiger partial charge in [0.15, 0.2) is 0 Å². The third kappa shape index (κ3) is 3.39. The Hall–Kier alpha value is -1.90. The van der Waals surface area contributed by atoms with Crippen molar-refractivity contribution in [1.82, 2.24) is 14.7 Å². The van der Waals surface area contributed by atoms with Crippen LogP contribution in [0.25, 0.3) is 0 Å². The molecule has 3 unspecified atom stereocenters. The van der Waals surface area contributed by atoms with Crippen LogP contribution in [0.4, 0.5) is 10.7 Å². The minimum atomic E-state index is -3.68. The van der Waals surface area contributed by atoms with Crippen LogP contribution in [0.15, 0.2) is 6.07 Å². The molecule has 2 aliphatic rings. The van der Waals surface area contributed by atoms with Crippen molar-refractivity contribution in [2.24, 2.45) is 11.8 Å². The van der Waals surface area contributed by atoms with Crippen LogP contribution in [0, 0.1) is 18.8 Å². The average molecular weight is 340 g/mol. The van der Waals surface area contributed by atoms with Gasteiger partial charge >= 0.3 is 6.03 Å². The Morgan fingerprint density at radius 3 is 2.70 bits per heavy atom. The van der Waals surface area contributed by atoms with E-state index in [1.54, 1.807) is 13.0 Å². The van der Waals surface area contributed by atoms with Crippen molar-refractivity contribution in [3.8, 4) is 5.88 Å². The van der Waals surface area contributed by atoms with Gasteiger partial charge in [0.05, 0.1) is 12.4 Å². The first-order valence-corrected chi connectivity index (χ1v) is 9.14. The number of fused-ring (bicyclic) bond motifs is 2. The van der Waals surface area contributed by atoms with Crippen LogP contribution < -0.4 is 14.8 Å². The highest BCUT2D eigenvalue weighted by Gasteiger charge is 2.46. The molecule has 2 amide bonds. The number of hydrogen-bond acceptors (Lipinski definition) is 6. The van der Waals surface area contributed by atoms with Crippen molar-refractivity contribution in [1.29, 1.82) is 0 Å². The smallest absolute Gasteiger partial charge is 0.335 e. The number of urea groups is 1. The second kappa shape index (κ2) is 5.95. The number of rotatable bonds is 4. The van der Waals surface area contributed by atoms with Gasteiger partial charge in [-0.25, -0.2) is 22.9 Å². The van der Waals surface area contributed by atoms with Gasteiger partial charge < -0.3 is 4.74 Å². The van der Waals surface area contributed by atoms with Crippen LogP contribution in [0.3, 0.4) is 0 Å². The van der Waals surface area contributed by atoms with E-state index in [9.17, 15) is 13.2 Å². The number of nitrogens with zero attached hydrogens (tertiary/aromatic N) is 2. The first-order chi connectivity index (χ1) is 10.9. The summed E-state index contributed by atoms with van der Waals surface area (Å²) in [5.74, 6) is 0.945. The largest absolute Gasteiger partial charge is 0.481 e. The first-order valence-electron chi connectivity index (χ1n) is 7.59. The molecule has 1 heterocycles. The van der Waals surface area contributed by atoms with Gasteiger partial charge in [0.25, 0.3) is 0 Å². The molecule has 0 aromatic carbocycles. The Balaban J connectivity index is 1.66. The predicted molar refractivity (Wildman–Crippen MR) is 83.6 cm³/mol. The number of aromatic nitrogens is 2. The fraction of sp³-hybridized carbons (Fsp3) is 0.643. The zero-order valence-electron chi connectivity index (χ0n) is 13.1. The van der Waals surface area contributed by atoms with Crippen LogP contribution in [-0.4, -0.2) is 36.8 Å². The van der Waals surface area contributed by atoms with Crippen molar-refractivity contribution < 1.29 is 17.9 Å². The number of ether oxygens (including phenoxy) is 1. The third-order valence-electron chi connectivity index (χ3n) is 4.57. The molecule has 23 heavy (non-hydrogen) atoms. The lowest BCUT2D eigenvalue weighted by Crippen LogP contribution is -2.42. The van der Waals surface area contributed by atoms with Gasteiger partial charge in [0.2, 0.25) is 21.9 Å². The topological polar surface area (TPSA) is 110 Å². The molecule has 1 aromatic heterocycles. The summed E-state index contributed by atoms with van der Waals surface area (Å²) in [7, 11) is -2.24. The van der Waals surface area contributed by atoms with E-state index in [1.807, 2.05) is 0 Å². The zero-order valence-corrected chi connectivity index (χ0v) is 13.9. The lowest BCUT2D eigenvalue weighted by atomic mass is 10.0. The predicted octanol–water partition coefficient (Wildman–Crippen LogP) is 1.43. The van der Waals surface area contributed by atoms with Crippen molar-refractivity contribution in [2.45, 2.75) is 37.9 Å². The number of amides is 2. The molecule has 3 atom stereocenters. The molecule has 2 aliphatic carbocycles. The van der Waals surface area contributed by atoms with E-state index < -0.39 is 21.3 Å². The maximum atomic E-state index is 12.4. The molecule has 2 saturated carbocycles. The summed E-state index contributed by atoms with van der Waals surface area (Å²) in [5.41, 5.74) is 0.600. The summed E-state index contributed by atoms with van der Waals surface area (Å²) >= 11 is 0. The molecule has 0 saturated heterocycles. The number of methoxy groups -OCH3 is 1. The Morgan fingerprint density at radius 1 is 1.30 bits per heavy atom. The number of nitrogens with one attached hydrogen (secondary N) is 2. The maximum Gasteiger partial charge on any atom is 0.335 e. The second-order valence-electron chi connectivity index (χ2n) is 6.19. The van der Waals surface area contributed by atoms with Gasteiger partial charge in [0, 0.05) is 11.8 Å². The van der Waals surface area contributed by atoms with Crippen molar-refractivity contribution in [3.05, 3.63) is 11.8 Å². The van der Waals surface area contributed by atoms with Gasteiger partial charge in [0.1, 0.15) is 0 Å². The standard InChI is InChI=1S/C14H20N4O4S/c1-8-5-12(22-2)16-13(15-8)17-14(19)18-23(20,21)11-7-9-3-4-10(11)6-9/h5,9-11H,3-4,6-7H2,1-2H3,(H2,15,16,17,18,19). The number of carbonyl (C=O) groups is 1. The van der Waals surface area contributed by atoms with E-state index in [4.69, 9.17) is 4.74 Å². The highest BCUT2D eigenvalue weighted by Crippen LogP contribution is 2.47. The zero-order chi connectivity index (χ0) is 16.6. The molecule has 8 nitrogen and oxygen atoms in total. The molecular weight excluding hydrogens is 320 g/mol. The summed E-state index contributed by atoms with van der Waals surface area (Å²) in [6.07, 6.45) is 3.61. The second-order valence-corrected chi connectivity index (χ2v) is 8.09. The minimum Gasteiger partial charge on any atom is -0.481 e. The van der Waals surface area contributed by atoms with E-state index in [0.29, 0.717) is 23.9 Å². The number of carbonyl (C=O) groups excluding carboxylic acids is 1. The van der Waals surface area contributed by atoms with Crippen molar-refractivity contribution >= 4 is 22.0 Å². The highest BCUT2D eigenvalue weighted by atomic mass is 32.2. The van der Waals surface area contributed by atoms with Crippen LogP contribution >= 0.6 is 0 Å². The van der Waals surface area contributed by atoms with Crippen LogP contribution in [0.1, 0.15) is 31.4 Å². The van der Waals surface area contributed by atoms with E-state index >= 15 is 0 Å². The van der Waals surface area contributed by atoms with E-state index in [0.717, 1.165) is 19.3 Å². The lowest BCUT2D eigenvalue weighted by Gasteiger charge is -2.21. The number of aryl methyl sites for hydroxylation is 1. The molecule has 0 radical (unpaired) electrons. The summed E-state index contributed by atoms with van der Waals surface area (Å²) in [6.45, 7) is 1.72. The molecule has 2 fully saturated rings. The third-order valence-corrected chi connectivity index (χ3v) is 6.42. The fourth-order valence-electron chi connectivity index (χ4n) is 3.60. The van der Waals surface area contributed by atoms with E-state index in [-0.39, 0.29) is 11.9 Å². The summed E-state index contributed by atoms with van der Waals surface area (Å²) in [6, 6.07) is 0.759. The van der Waals surface area contributed by atoms with Gasteiger partial charge in [-0.3, -0.25) is 5.32 Å². The molecule has 3 rings (SSSR count). The van der Waals surface area contributed by atoms with E-state index in [2.05, 4.69) is 20.0 Å². The van der Waals surface area contributed by atoms with Crippen LogP contribution in [0.5, 0.6) is 5.88 Å².